The summed E-state index contributed by atoms with van der Waals surface area (Å²) >= 11 is 0. The number of hydrazone groups is 1. The fraction of sp³-hybridized carbons (Fsp3) is 0.0455. The van der Waals surface area contributed by atoms with E-state index < -0.39 is 17.1 Å². The van der Waals surface area contributed by atoms with E-state index in [1.807, 2.05) is 13.0 Å². The van der Waals surface area contributed by atoms with Gasteiger partial charge in [-0.15, -0.1) is 0 Å². The molecule has 0 unspecified atom stereocenters. The Morgan fingerprint density at radius 1 is 0.931 bits per heavy atom. The molecule has 0 bridgehead atoms. The molecule has 0 aromatic heterocycles. The van der Waals surface area contributed by atoms with Crippen LogP contribution >= 0.6 is 0 Å². The third-order valence-electron chi connectivity index (χ3n) is 4.80. The van der Waals surface area contributed by atoms with Crippen molar-refractivity contribution in [3.05, 3.63) is 107 Å². The number of hydrogen-bond donors (Lipinski definition) is 1. The zero-order valence-electron chi connectivity index (χ0n) is 15.8. The topological polar surface area (TPSA) is 70.0 Å². The molecule has 2 aromatic rings. The highest BCUT2D eigenvalue weighted by molar-refractivity contribution is 7.90. The van der Waals surface area contributed by atoms with E-state index in [0.717, 1.165) is 9.89 Å². The lowest BCUT2D eigenvalue weighted by atomic mass is 9.72. The minimum atomic E-state index is -3.89. The van der Waals surface area contributed by atoms with Crippen LogP contribution in [0.3, 0.4) is 0 Å². The van der Waals surface area contributed by atoms with Crippen LogP contribution in [0.2, 0.25) is 0 Å². The molecule has 0 amide bonds. The predicted octanol–water partition coefficient (Wildman–Crippen LogP) is 2.70. The number of aryl methyl sites for hydroxylation is 1. The van der Waals surface area contributed by atoms with E-state index in [1.54, 1.807) is 30.3 Å². The van der Waals surface area contributed by atoms with Gasteiger partial charge in [0.15, 0.2) is 0 Å². The highest BCUT2D eigenvalue weighted by Gasteiger charge is 2.37. The van der Waals surface area contributed by atoms with Crippen molar-refractivity contribution >= 4 is 28.8 Å². The fourth-order valence-corrected chi connectivity index (χ4v) is 4.43. The van der Waals surface area contributed by atoms with Gasteiger partial charge in [0.25, 0.3) is 10.0 Å². The van der Waals surface area contributed by atoms with Gasteiger partial charge in [0.2, 0.25) is 0 Å². The van der Waals surface area contributed by atoms with Crippen LogP contribution < -0.4 is 5.46 Å². The van der Waals surface area contributed by atoms with Gasteiger partial charge < -0.3 is 5.02 Å². The standard InChI is InChI=1S/C14H13BN2O3S.C8H6/c1-11-6-8-13(9-7-11)21(19,20)17-15(18)14-5-3-2-4-12(14)10-16-17;1-3-7-5-2-6-8(7)4-1/h2-10,18H,1H3;1-6H. The lowest BCUT2D eigenvalue weighted by Crippen LogP contribution is -2.52. The molecule has 0 spiro atoms. The Morgan fingerprint density at radius 3 is 2.21 bits per heavy atom. The van der Waals surface area contributed by atoms with Gasteiger partial charge in [0, 0.05) is 0 Å². The quantitative estimate of drug-likeness (QED) is 0.786. The smallest absolute Gasteiger partial charge is 0.427 e. The first kappa shape index (κ1) is 19.2. The summed E-state index contributed by atoms with van der Waals surface area (Å²) in [7, 11) is -5.21. The van der Waals surface area contributed by atoms with Gasteiger partial charge in [-0.25, -0.2) is 8.42 Å². The summed E-state index contributed by atoms with van der Waals surface area (Å²) in [5.41, 5.74) is 4.89. The maximum absolute atomic E-state index is 12.6. The molecule has 0 fully saturated rings. The normalized spacial score (nSPS) is 16.1. The maximum Gasteiger partial charge on any atom is 0.484 e. The predicted molar refractivity (Wildman–Crippen MR) is 116 cm³/mol. The summed E-state index contributed by atoms with van der Waals surface area (Å²) in [5.74, 6) is 0. The zero-order chi connectivity index (χ0) is 20.4. The molecule has 7 heteroatoms. The van der Waals surface area contributed by atoms with E-state index in [2.05, 4.69) is 41.6 Å². The van der Waals surface area contributed by atoms with E-state index in [0.29, 0.717) is 11.0 Å². The molecule has 29 heavy (non-hydrogen) atoms. The average molecular weight is 402 g/mol. The minimum Gasteiger partial charge on any atom is -0.427 e. The Kier molecular flexibility index (Phi) is 5.09. The zero-order valence-corrected chi connectivity index (χ0v) is 16.6. The Labute approximate surface area is 170 Å². The Hall–Kier alpha value is -3.16. The largest absolute Gasteiger partial charge is 0.484 e. The van der Waals surface area contributed by atoms with Crippen LogP contribution in [0.25, 0.3) is 0 Å². The van der Waals surface area contributed by atoms with Crippen molar-refractivity contribution in [2.75, 3.05) is 0 Å². The van der Waals surface area contributed by atoms with Gasteiger partial charge in [0.05, 0.1) is 11.1 Å². The monoisotopic (exact) mass is 402 g/mol. The summed E-state index contributed by atoms with van der Waals surface area (Å²) in [6.45, 7) is 1.88. The second-order valence-electron chi connectivity index (χ2n) is 6.80. The van der Waals surface area contributed by atoms with Crippen molar-refractivity contribution in [2.45, 2.75) is 11.8 Å². The van der Waals surface area contributed by atoms with Gasteiger partial charge in [0.1, 0.15) is 0 Å². The number of benzene rings is 2. The summed E-state index contributed by atoms with van der Waals surface area (Å²) < 4.78 is 25.9. The van der Waals surface area contributed by atoms with Gasteiger partial charge in [-0.05, 0) is 41.2 Å². The van der Waals surface area contributed by atoms with E-state index in [9.17, 15) is 13.4 Å². The Bertz CT molecular complexity index is 1170. The van der Waals surface area contributed by atoms with Gasteiger partial charge in [-0.2, -0.15) is 9.43 Å². The molecular weight excluding hydrogens is 383 g/mol. The van der Waals surface area contributed by atoms with E-state index in [1.165, 1.54) is 29.5 Å². The molecule has 1 N–H and O–H groups in total. The molecule has 0 radical (unpaired) electrons. The van der Waals surface area contributed by atoms with E-state index >= 15 is 0 Å². The molecule has 2 aliphatic carbocycles. The third-order valence-corrected chi connectivity index (χ3v) is 6.45. The SMILES string of the molecule is C1=CC2=CC=CC2=C1.Cc1ccc(S(=O)(=O)N2N=Cc3ccccc3B2O)cc1. The molecular formula is C22H19BN2O3S. The first-order chi connectivity index (χ1) is 14.0. The molecule has 0 saturated heterocycles. The Morgan fingerprint density at radius 2 is 1.55 bits per heavy atom. The second kappa shape index (κ2) is 7.70. The number of rotatable bonds is 2. The molecule has 1 aliphatic heterocycles. The van der Waals surface area contributed by atoms with Crippen LogP contribution in [0, 0.1) is 6.92 Å². The molecule has 0 saturated carbocycles. The molecule has 3 aliphatic rings. The summed E-state index contributed by atoms with van der Waals surface area (Å²) in [5, 5.41) is 14.2. The molecule has 1 heterocycles. The lowest BCUT2D eigenvalue weighted by Gasteiger charge is -2.25. The maximum atomic E-state index is 12.6. The number of nitrogens with zero attached hydrogens (tertiary/aromatic N) is 2. The number of fused-ring (bicyclic) bond motifs is 2. The van der Waals surface area contributed by atoms with Gasteiger partial charge in [-0.1, -0.05) is 78.4 Å². The van der Waals surface area contributed by atoms with Crippen molar-refractivity contribution in [3.63, 3.8) is 0 Å². The van der Waals surface area contributed by atoms with Gasteiger partial charge in [-0.3, -0.25) is 0 Å². The first-order valence-corrected chi connectivity index (χ1v) is 10.6. The Balaban J connectivity index is 0.000000211. The van der Waals surface area contributed by atoms with Crippen molar-refractivity contribution in [2.24, 2.45) is 5.10 Å². The highest BCUT2D eigenvalue weighted by atomic mass is 32.2. The van der Waals surface area contributed by atoms with E-state index in [4.69, 9.17) is 0 Å². The summed E-state index contributed by atoms with van der Waals surface area (Å²) in [4.78, 5) is 0.101. The minimum absolute atomic E-state index is 0.101. The van der Waals surface area contributed by atoms with Crippen LogP contribution in [0.15, 0.2) is 106 Å². The van der Waals surface area contributed by atoms with Crippen molar-refractivity contribution in [1.82, 2.24) is 4.33 Å². The van der Waals surface area contributed by atoms with Crippen LogP contribution in [-0.4, -0.2) is 31.0 Å². The van der Waals surface area contributed by atoms with Crippen molar-refractivity contribution < 1.29 is 13.4 Å². The highest BCUT2D eigenvalue weighted by Crippen LogP contribution is 2.23. The molecule has 5 rings (SSSR count). The molecule has 144 valence electrons. The summed E-state index contributed by atoms with van der Waals surface area (Å²) in [6, 6.07) is 13.4. The number of hydrogen-bond acceptors (Lipinski definition) is 4. The molecule has 0 atom stereocenters. The number of sulfonamides is 1. The lowest BCUT2D eigenvalue weighted by molar-refractivity contribution is 0.476. The van der Waals surface area contributed by atoms with Crippen LogP contribution in [0.5, 0.6) is 0 Å². The first-order valence-electron chi connectivity index (χ1n) is 9.16. The van der Waals surface area contributed by atoms with E-state index in [-0.39, 0.29) is 4.90 Å². The van der Waals surface area contributed by atoms with Gasteiger partial charge >= 0.3 is 7.05 Å². The fourth-order valence-electron chi connectivity index (χ4n) is 3.18. The average Bonchev–Trinajstić information content (AvgIpc) is 3.34. The second-order valence-corrected chi connectivity index (χ2v) is 8.60. The molecule has 2 aromatic carbocycles. The van der Waals surface area contributed by atoms with Crippen LogP contribution in [0.4, 0.5) is 0 Å². The van der Waals surface area contributed by atoms with Crippen molar-refractivity contribution in [1.29, 1.82) is 0 Å². The van der Waals surface area contributed by atoms with Crippen molar-refractivity contribution in [3.8, 4) is 0 Å². The third kappa shape index (κ3) is 3.74. The summed E-state index contributed by atoms with van der Waals surface area (Å²) in [6.07, 6.45) is 14.1. The van der Waals surface area contributed by atoms with Crippen LogP contribution in [0.1, 0.15) is 11.1 Å². The molecule has 5 nitrogen and oxygen atoms in total. The van der Waals surface area contributed by atoms with Crippen LogP contribution in [-0.2, 0) is 10.0 Å². The number of allylic oxidation sites excluding steroid dienone is 8.